The molecule has 0 radical (unpaired) electrons. The molecule has 3 rings (SSSR count). The van der Waals surface area contributed by atoms with Gasteiger partial charge in [-0.15, -0.1) is 0 Å². The highest BCUT2D eigenvalue weighted by atomic mass is 35.5. The molecule has 0 spiro atoms. The van der Waals surface area contributed by atoms with Gasteiger partial charge in [-0.25, -0.2) is 8.42 Å². The number of rotatable bonds is 10. The number of halogens is 3. The van der Waals surface area contributed by atoms with Gasteiger partial charge >= 0.3 is 0 Å². The summed E-state index contributed by atoms with van der Waals surface area (Å²) >= 11 is 18.5. The van der Waals surface area contributed by atoms with Gasteiger partial charge in [-0.1, -0.05) is 79.2 Å². The Morgan fingerprint density at radius 3 is 2.27 bits per heavy atom. The van der Waals surface area contributed by atoms with Crippen molar-refractivity contribution < 1.29 is 18.0 Å². The van der Waals surface area contributed by atoms with E-state index in [2.05, 4.69) is 5.32 Å². The molecule has 0 heterocycles. The summed E-state index contributed by atoms with van der Waals surface area (Å²) in [7, 11) is -3.91. The predicted molar refractivity (Wildman–Crippen MR) is 150 cm³/mol. The Bertz CT molecular complexity index is 1200. The van der Waals surface area contributed by atoms with E-state index >= 15 is 0 Å². The fourth-order valence-corrected chi connectivity index (χ4v) is 5.96. The molecule has 0 aromatic heterocycles. The van der Waals surface area contributed by atoms with Gasteiger partial charge in [0.15, 0.2) is 0 Å². The number of carbonyl (C=O) groups excluding carboxylic acids is 2. The van der Waals surface area contributed by atoms with Crippen molar-refractivity contribution in [2.45, 2.75) is 64.1 Å². The van der Waals surface area contributed by atoms with Gasteiger partial charge in [-0.2, -0.15) is 0 Å². The average Bonchev–Trinajstić information content (AvgIpc) is 2.85. The van der Waals surface area contributed by atoms with Crippen LogP contribution >= 0.6 is 34.8 Å². The van der Waals surface area contributed by atoms with Crippen LogP contribution < -0.4 is 9.62 Å². The summed E-state index contributed by atoms with van der Waals surface area (Å²) in [6.45, 7) is 1.39. The number of hydrogen-bond donors (Lipinski definition) is 1. The molecule has 7 nitrogen and oxygen atoms in total. The summed E-state index contributed by atoms with van der Waals surface area (Å²) < 4.78 is 26.4. The molecule has 202 valence electrons. The van der Waals surface area contributed by atoms with Gasteiger partial charge in [-0.3, -0.25) is 13.9 Å². The molecule has 1 aliphatic rings. The standard InChI is InChI=1S/C26H32Cl3N3O4S/c1-3-22(26(34)30-20-8-5-4-6-9-20)31(16-18-12-14-19(27)15-13-18)24(33)17-32(37(2,35)36)23-11-7-10-21(28)25(23)29/h7,10-15,20,22H,3-6,8-9,16-17H2,1-2H3,(H,30,34)/t22-/m0/s1. The molecule has 2 amide bonds. The highest BCUT2D eigenvalue weighted by molar-refractivity contribution is 7.92. The minimum absolute atomic E-state index is 0.0220. The fourth-order valence-electron chi connectivity index (χ4n) is 4.53. The predicted octanol–water partition coefficient (Wildman–Crippen LogP) is 5.67. The number of nitrogens with one attached hydrogen (secondary N) is 1. The van der Waals surface area contributed by atoms with E-state index in [-0.39, 0.29) is 34.2 Å². The zero-order valence-corrected chi connectivity index (χ0v) is 24.0. The fraction of sp³-hybridized carbons (Fsp3) is 0.462. The van der Waals surface area contributed by atoms with Crippen molar-refractivity contribution in [3.05, 3.63) is 63.1 Å². The minimum Gasteiger partial charge on any atom is -0.352 e. The lowest BCUT2D eigenvalue weighted by Gasteiger charge is -2.34. The molecule has 1 fully saturated rings. The number of hydrogen-bond acceptors (Lipinski definition) is 4. The number of anilines is 1. The first kappa shape index (κ1) is 29.6. The van der Waals surface area contributed by atoms with Gasteiger partial charge in [0.25, 0.3) is 0 Å². The van der Waals surface area contributed by atoms with Gasteiger partial charge in [0.1, 0.15) is 12.6 Å². The Labute approximate surface area is 234 Å². The third kappa shape index (κ3) is 7.99. The maximum Gasteiger partial charge on any atom is 0.244 e. The Morgan fingerprint density at radius 2 is 1.68 bits per heavy atom. The van der Waals surface area contributed by atoms with Gasteiger partial charge < -0.3 is 10.2 Å². The number of sulfonamides is 1. The monoisotopic (exact) mass is 587 g/mol. The summed E-state index contributed by atoms with van der Waals surface area (Å²) in [5.41, 5.74) is 0.851. The van der Waals surface area contributed by atoms with E-state index in [4.69, 9.17) is 34.8 Å². The zero-order chi connectivity index (χ0) is 27.2. The summed E-state index contributed by atoms with van der Waals surface area (Å²) in [6, 6.07) is 10.8. The molecule has 1 N–H and O–H groups in total. The van der Waals surface area contributed by atoms with Crippen molar-refractivity contribution in [2.24, 2.45) is 0 Å². The van der Waals surface area contributed by atoms with Gasteiger partial charge in [0.05, 0.1) is 22.0 Å². The van der Waals surface area contributed by atoms with Crippen LogP contribution in [0, 0.1) is 0 Å². The Balaban J connectivity index is 1.93. The number of nitrogens with zero attached hydrogens (tertiary/aromatic N) is 2. The van der Waals surface area contributed by atoms with Crippen LogP contribution in [0.3, 0.4) is 0 Å². The molecule has 1 saturated carbocycles. The van der Waals surface area contributed by atoms with Crippen molar-refractivity contribution in [3.63, 3.8) is 0 Å². The van der Waals surface area contributed by atoms with E-state index in [0.717, 1.165) is 48.2 Å². The van der Waals surface area contributed by atoms with Crippen LogP contribution in [0.1, 0.15) is 51.0 Å². The molecular formula is C26H32Cl3N3O4S. The summed E-state index contributed by atoms with van der Waals surface area (Å²) in [5.74, 6) is -0.787. The lowest BCUT2D eigenvalue weighted by atomic mass is 9.95. The SMILES string of the molecule is CC[C@@H](C(=O)NC1CCCCC1)N(Cc1ccc(Cl)cc1)C(=O)CN(c1cccc(Cl)c1Cl)S(C)(=O)=O. The Hall–Kier alpha value is -2.00. The quantitative estimate of drug-likeness (QED) is 0.388. The van der Waals surface area contributed by atoms with Crippen molar-refractivity contribution in [2.75, 3.05) is 17.1 Å². The maximum atomic E-state index is 13.8. The van der Waals surface area contributed by atoms with E-state index in [9.17, 15) is 18.0 Å². The molecule has 1 atom stereocenters. The molecule has 37 heavy (non-hydrogen) atoms. The van der Waals surface area contributed by atoms with E-state index in [1.54, 1.807) is 30.3 Å². The largest absolute Gasteiger partial charge is 0.352 e. The van der Waals surface area contributed by atoms with Crippen LogP contribution in [0.25, 0.3) is 0 Å². The van der Waals surface area contributed by atoms with Gasteiger partial charge in [0.2, 0.25) is 21.8 Å². The maximum absolute atomic E-state index is 13.8. The normalized spacial score (nSPS) is 15.2. The van der Waals surface area contributed by atoms with Crippen LogP contribution in [-0.4, -0.2) is 50.0 Å². The van der Waals surface area contributed by atoms with E-state index < -0.39 is 28.5 Å². The number of carbonyl (C=O) groups is 2. The first-order valence-corrected chi connectivity index (χ1v) is 15.3. The van der Waals surface area contributed by atoms with Crippen molar-refractivity contribution in [1.82, 2.24) is 10.2 Å². The molecule has 2 aromatic rings. The summed E-state index contributed by atoms with van der Waals surface area (Å²) in [6.07, 6.45) is 6.42. The lowest BCUT2D eigenvalue weighted by Crippen LogP contribution is -2.54. The molecule has 0 saturated heterocycles. The molecule has 0 unspecified atom stereocenters. The second-order valence-electron chi connectivity index (χ2n) is 9.26. The zero-order valence-electron chi connectivity index (χ0n) is 20.9. The van der Waals surface area contributed by atoms with Crippen molar-refractivity contribution in [1.29, 1.82) is 0 Å². The van der Waals surface area contributed by atoms with E-state index in [1.807, 2.05) is 6.92 Å². The first-order valence-electron chi connectivity index (χ1n) is 12.3. The van der Waals surface area contributed by atoms with Crippen molar-refractivity contribution >= 4 is 62.3 Å². The smallest absolute Gasteiger partial charge is 0.244 e. The summed E-state index contributed by atoms with van der Waals surface area (Å²) in [4.78, 5) is 28.6. The van der Waals surface area contributed by atoms with Crippen LogP contribution in [0.5, 0.6) is 0 Å². The lowest BCUT2D eigenvalue weighted by molar-refractivity contribution is -0.140. The van der Waals surface area contributed by atoms with Gasteiger partial charge in [-0.05, 0) is 49.1 Å². The van der Waals surface area contributed by atoms with Crippen LogP contribution in [0.15, 0.2) is 42.5 Å². The van der Waals surface area contributed by atoms with Crippen LogP contribution in [0.2, 0.25) is 15.1 Å². The third-order valence-electron chi connectivity index (χ3n) is 6.48. The van der Waals surface area contributed by atoms with Gasteiger partial charge in [0, 0.05) is 17.6 Å². The molecule has 0 bridgehead atoms. The topological polar surface area (TPSA) is 86.8 Å². The average molecular weight is 589 g/mol. The highest BCUT2D eigenvalue weighted by Crippen LogP contribution is 2.34. The molecular weight excluding hydrogens is 557 g/mol. The minimum atomic E-state index is -3.91. The number of benzene rings is 2. The third-order valence-corrected chi connectivity index (χ3v) is 8.67. The van der Waals surface area contributed by atoms with Crippen LogP contribution in [-0.2, 0) is 26.2 Å². The summed E-state index contributed by atoms with van der Waals surface area (Å²) in [5, 5.41) is 3.84. The van der Waals surface area contributed by atoms with E-state index in [0.29, 0.717) is 11.4 Å². The van der Waals surface area contributed by atoms with Crippen molar-refractivity contribution in [3.8, 4) is 0 Å². The molecule has 0 aliphatic heterocycles. The molecule has 11 heteroatoms. The Kier molecular flexibility index (Phi) is 10.5. The second-order valence-corrected chi connectivity index (χ2v) is 12.4. The van der Waals surface area contributed by atoms with Crippen LogP contribution in [0.4, 0.5) is 5.69 Å². The highest BCUT2D eigenvalue weighted by Gasteiger charge is 2.33. The second kappa shape index (κ2) is 13.2. The first-order chi connectivity index (χ1) is 17.5. The Morgan fingerprint density at radius 1 is 1.03 bits per heavy atom. The number of amides is 2. The molecule has 2 aromatic carbocycles. The van der Waals surface area contributed by atoms with E-state index in [1.165, 1.54) is 17.0 Å². The molecule has 1 aliphatic carbocycles.